The van der Waals surface area contributed by atoms with Crippen molar-refractivity contribution in [1.29, 1.82) is 0 Å². The second-order valence-electron chi connectivity index (χ2n) is 6.08. The van der Waals surface area contributed by atoms with Crippen LogP contribution in [0.1, 0.15) is 24.5 Å². The van der Waals surface area contributed by atoms with E-state index in [4.69, 9.17) is 5.11 Å². The first kappa shape index (κ1) is 17.7. The predicted octanol–water partition coefficient (Wildman–Crippen LogP) is 3.07. The Morgan fingerprint density at radius 1 is 0.917 bits per heavy atom. The summed E-state index contributed by atoms with van der Waals surface area (Å²) in [5.41, 5.74) is 2.36. The van der Waals surface area contributed by atoms with Gasteiger partial charge in [-0.3, -0.25) is 9.59 Å². The van der Waals surface area contributed by atoms with Gasteiger partial charge < -0.3 is 10.4 Å². The van der Waals surface area contributed by atoms with E-state index in [-0.39, 0.29) is 11.8 Å². The normalized spacial score (nSPS) is 11.9. The van der Waals surface area contributed by atoms with E-state index in [0.29, 0.717) is 6.42 Å². The summed E-state index contributed by atoms with van der Waals surface area (Å²) in [4.78, 5) is 23.1. The van der Waals surface area contributed by atoms with Gasteiger partial charge in [0.15, 0.2) is 0 Å². The number of carboxylic acids is 1. The molecule has 2 aromatic rings. The number of amides is 1. The number of carbonyl (C=O) groups excluding carboxylic acids is 1. The summed E-state index contributed by atoms with van der Waals surface area (Å²) >= 11 is 0. The summed E-state index contributed by atoms with van der Waals surface area (Å²) in [5.74, 6) is -1.12. The van der Waals surface area contributed by atoms with Gasteiger partial charge in [-0.15, -0.1) is 0 Å². The van der Waals surface area contributed by atoms with Gasteiger partial charge in [0.05, 0.1) is 0 Å². The number of nitrogens with one attached hydrogen (secondary N) is 1. The molecule has 1 amide bonds. The number of rotatable bonds is 8. The lowest BCUT2D eigenvalue weighted by atomic mass is 9.89. The van der Waals surface area contributed by atoms with Crippen LogP contribution in [0.25, 0.3) is 0 Å². The lowest BCUT2D eigenvalue weighted by molar-refractivity contribution is -0.141. The molecule has 0 bridgehead atoms. The summed E-state index contributed by atoms with van der Waals surface area (Å²) in [7, 11) is 0. The van der Waals surface area contributed by atoms with Gasteiger partial charge in [-0.05, 0) is 36.8 Å². The van der Waals surface area contributed by atoms with Crippen LogP contribution in [0.5, 0.6) is 0 Å². The lowest BCUT2D eigenvalue weighted by Crippen LogP contribution is -2.39. The van der Waals surface area contributed by atoms with Gasteiger partial charge >= 0.3 is 5.97 Å². The van der Waals surface area contributed by atoms with E-state index in [2.05, 4.69) is 29.6 Å². The van der Waals surface area contributed by atoms with E-state index in [1.807, 2.05) is 36.4 Å². The van der Waals surface area contributed by atoms with Crippen molar-refractivity contribution in [2.75, 3.05) is 0 Å². The highest BCUT2D eigenvalue weighted by atomic mass is 16.4. The Kier molecular flexibility index (Phi) is 6.55. The van der Waals surface area contributed by atoms with Crippen LogP contribution in [-0.2, 0) is 22.4 Å². The van der Waals surface area contributed by atoms with Crippen molar-refractivity contribution in [2.24, 2.45) is 5.92 Å². The smallest absolute Gasteiger partial charge is 0.325 e. The third-order valence-electron chi connectivity index (χ3n) is 3.96. The van der Waals surface area contributed by atoms with E-state index in [0.717, 1.165) is 12.8 Å². The van der Waals surface area contributed by atoms with Crippen molar-refractivity contribution in [1.82, 2.24) is 5.32 Å². The fourth-order valence-electron chi connectivity index (χ4n) is 2.74. The minimum Gasteiger partial charge on any atom is -0.480 e. The summed E-state index contributed by atoms with van der Waals surface area (Å²) in [6, 6.07) is 19.2. The maximum Gasteiger partial charge on any atom is 0.325 e. The Morgan fingerprint density at radius 2 is 1.38 bits per heavy atom. The van der Waals surface area contributed by atoms with Gasteiger partial charge in [0.1, 0.15) is 6.04 Å². The molecule has 0 unspecified atom stereocenters. The highest BCUT2D eigenvalue weighted by molar-refractivity contribution is 5.83. The Balaban J connectivity index is 2.04. The molecular weight excluding hydrogens is 302 g/mol. The molecule has 0 spiro atoms. The minimum atomic E-state index is -1.02. The number of hydrogen-bond donors (Lipinski definition) is 2. The fraction of sp³-hybridized carbons (Fsp3) is 0.300. The summed E-state index contributed by atoms with van der Waals surface area (Å²) in [6.07, 6.45) is 1.87. The first-order valence-electron chi connectivity index (χ1n) is 8.14. The lowest BCUT2D eigenvalue weighted by Gasteiger charge is -2.18. The van der Waals surface area contributed by atoms with Crippen molar-refractivity contribution in [2.45, 2.75) is 32.2 Å². The average molecular weight is 325 g/mol. The van der Waals surface area contributed by atoms with Crippen LogP contribution in [-0.4, -0.2) is 23.0 Å². The maximum absolute atomic E-state index is 12.2. The second kappa shape index (κ2) is 8.87. The highest BCUT2D eigenvalue weighted by Gasteiger charge is 2.19. The van der Waals surface area contributed by atoms with Crippen molar-refractivity contribution in [3.63, 3.8) is 0 Å². The van der Waals surface area contributed by atoms with Crippen LogP contribution in [0, 0.1) is 5.92 Å². The Morgan fingerprint density at radius 3 is 1.79 bits per heavy atom. The molecule has 2 aromatic carbocycles. The molecule has 24 heavy (non-hydrogen) atoms. The van der Waals surface area contributed by atoms with Crippen LogP contribution in [0.2, 0.25) is 0 Å². The molecule has 1 atom stereocenters. The largest absolute Gasteiger partial charge is 0.480 e. The Bertz CT molecular complexity index is 614. The number of aliphatic carboxylic acids is 1. The van der Waals surface area contributed by atoms with E-state index < -0.39 is 12.0 Å². The van der Waals surface area contributed by atoms with Crippen molar-refractivity contribution in [3.8, 4) is 0 Å². The van der Waals surface area contributed by atoms with Gasteiger partial charge in [-0.25, -0.2) is 0 Å². The minimum absolute atomic E-state index is 0.121. The molecule has 0 aliphatic carbocycles. The molecule has 0 saturated heterocycles. The standard InChI is InChI=1S/C20H23NO3/c1-15(20(23)24)21-19(22)14-18(12-16-8-4-2-5-9-16)13-17-10-6-3-7-11-17/h2-11,15,18H,12-14H2,1H3,(H,21,22)(H,23,24)/t15-/m0/s1. The first-order valence-corrected chi connectivity index (χ1v) is 8.14. The highest BCUT2D eigenvalue weighted by Crippen LogP contribution is 2.18. The average Bonchev–Trinajstić information content (AvgIpc) is 2.56. The zero-order valence-corrected chi connectivity index (χ0v) is 13.8. The predicted molar refractivity (Wildman–Crippen MR) is 93.6 cm³/mol. The third kappa shape index (κ3) is 5.88. The Hall–Kier alpha value is -2.62. The number of benzene rings is 2. The van der Waals surface area contributed by atoms with Crippen LogP contribution in [0.15, 0.2) is 60.7 Å². The van der Waals surface area contributed by atoms with Gasteiger partial charge in [0.2, 0.25) is 5.91 Å². The van der Waals surface area contributed by atoms with Gasteiger partial charge in [-0.1, -0.05) is 60.7 Å². The number of carbonyl (C=O) groups is 2. The zero-order chi connectivity index (χ0) is 17.4. The summed E-state index contributed by atoms with van der Waals surface area (Å²) in [5, 5.41) is 11.5. The molecule has 0 aliphatic rings. The molecule has 126 valence electrons. The maximum atomic E-state index is 12.2. The molecule has 0 radical (unpaired) electrons. The SMILES string of the molecule is C[C@H](NC(=O)CC(Cc1ccccc1)Cc1ccccc1)C(=O)O. The Labute approximate surface area is 142 Å². The topological polar surface area (TPSA) is 66.4 Å². The monoisotopic (exact) mass is 325 g/mol. The molecule has 0 heterocycles. The summed E-state index contributed by atoms with van der Waals surface area (Å²) in [6.45, 7) is 1.48. The molecule has 0 fully saturated rings. The van der Waals surface area contributed by atoms with Crippen LogP contribution in [0.3, 0.4) is 0 Å². The zero-order valence-electron chi connectivity index (χ0n) is 13.8. The molecule has 4 heteroatoms. The van der Waals surface area contributed by atoms with Crippen molar-refractivity contribution >= 4 is 11.9 Å². The van der Waals surface area contributed by atoms with E-state index in [1.54, 1.807) is 0 Å². The molecule has 0 aromatic heterocycles. The number of hydrogen-bond acceptors (Lipinski definition) is 2. The quantitative estimate of drug-likeness (QED) is 0.784. The van der Waals surface area contributed by atoms with Gasteiger partial charge in [-0.2, -0.15) is 0 Å². The first-order chi connectivity index (χ1) is 11.5. The molecule has 0 aliphatic heterocycles. The molecular formula is C20H23NO3. The second-order valence-corrected chi connectivity index (χ2v) is 6.08. The van der Waals surface area contributed by atoms with Crippen molar-refractivity contribution in [3.05, 3.63) is 71.8 Å². The summed E-state index contributed by atoms with van der Waals surface area (Å²) < 4.78 is 0. The van der Waals surface area contributed by atoms with Gasteiger partial charge in [0.25, 0.3) is 0 Å². The van der Waals surface area contributed by atoms with E-state index in [9.17, 15) is 9.59 Å². The van der Waals surface area contributed by atoms with Gasteiger partial charge in [0, 0.05) is 6.42 Å². The molecule has 4 nitrogen and oxygen atoms in total. The third-order valence-corrected chi connectivity index (χ3v) is 3.96. The van der Waals surface area contributed by atoms with Crippen LogP contribution in [0.4, 0.5) is 0 Å². The molecule has 2 N–H and O–H groups in total. The van der Waals surface area contributed by atoms with Crippen LogP contribution < -0.4 is 5.32 Å². The fourth-order valence-corrected chi connectivity index (χ4v) is 2.74. The van der Waals surface area contributed by atoms with Crippen LogP contribution >= 0.6 is 0 Å². The number of carboxylic acid groups (broad SMARTS) is 1. The van der Waals surface area contributed by atoms with E-state index >= 15 is 0 Å². The van der Waals surface area contributed by atoms with E-state index in [1.165, 1.54) is 18.1 Å². The molecule has 2 rings (SSSR count). The van der Waals surface area contributed by atoms with Crippen molar-refractivity contribution < 1.29 is 14.7 Å². The molecule has 0 saturated carbocycles.